The van der Waals surface area contributed by atoms with Gasteiger partial charge in [0.25, 0.3) is 0 Å². The fourth-order valence-corrected chi connectivity index (χ4v) is 2.65. The lowest BCUT2D eigenvalue weighted by Crippen LogP contribution is -2.51. The Hall–Kier alpha value is -3.10. The number of benzene rings is 1. The summed E-state index contributed by atoms with van der Waals surface area (Å²) >= 11 is 0. The third kappa shape index (κ3) is 6.28. The number of hydrogen-bond donors (Lipinski definition) is 2. The van der Waals surface area contributed by atoms with Crippen molar-refractivity contribution < 1.29 is 23.9 Å². The first-order valence-corrected chi connectivity index (χ1v) is 8.76. The molecule has 1 fully saturated rings. The first-order valence-electron chi connectivity index (χ1n) is 8.76. The van der Waals surface area contributed by atoms with Crippen LogP contribution in [-0.2, 0) is 19.1 Å². The molecule has 0 aliphatic carbocycles. The van der Waals surface area contributed by atoms with Crippen molar-refractivity contribution in [2.24, 2.45) is 0 Å². The van der Waals surface area contributed by atoms with Crippen LogP contribution in [0.1, 0.15) is 20.3 Å². The van der Waals surface area contributed by atoms with Gasteiger partial charge in [-0.1, -0.05) is 0 Å². The minimum absolute atomic E-state index is 0.180. The van der Waals surface area contributed by atoms with E-state index in [4.69, 9.17) is 4.74 Å². The Balaban J connectivity index is 1.78. The number of rotatable bonds is 5. The Morgan fingerprint density at radius 1 is 0.926 bits per heavy atom. The van der Waals surface area contributed by atoms with Crippen LogP contribution in [0.3, 0.4) is 0 Å². The van der Waals surface area contributed by atoms with Crippen molar-refractivity contribution in [2.75, 3.05) is 43.4 Å². The predicted octanol–water partition coefficient (Wildman–Crippen LogP) is 1.27. The molecule has 9 heteroatoms. The minimum Gasteiger partial charge on any atom is -0.450 e. The predicted molar refractivity (Wildman–Crippen MR) is 99.2 cm³/mol. The van der Waals surface area contributed by atoms with Gasteiger partial charge < -0.3 is 25.2 Å². The summed E-state index contributed by atoms with van der Waals surface area (Å²) in [5.41, 5.74) is 1.16. The SMILES string of the molecule is CCOC(=O)N1CCN(C(=O)CC(=O)Nc2ccc(NC(C)=O)cc2)CC1. The topological polar surface area (TPSA) is 108 Å². The third-order valence-electron chi connectivity index (χ3n) is 3.96. The smallest absolute Gasteiger partial charge is 0.409 e. The van der Waals surface area contributed by atoms with Crippen LogP contribution in [0.5, 0.6) is 0 Å². The van der Waals surface area contributed by atoms with Crippen LogP contribution in [0.15, 0.2) is 24.3 Å². The molecule has 0 radical (unpaired) electrons. The maximum atomic E-state index is 12.3. The Morgan fingerprint density at radius 3 is 1.96 bits per heavy atom. The molecule has 1 aromatic rings. The van der Waals surface area contributed by atoms with Gasteiger partial charge in [0.15, 0.2) is 0 Å². The van der Waals surface area contributed by atoms with E-state index in [-0.39, 0.29) is 24.3 Å². The lowest BCUT2D eigenvalue weighted by molar-refractivity contribution is -0.136. The van der Waals surface area contributed by atoms with E-state index in [1.807, 2.05) is 0 Å². The summed E-state index contributed by atoms with van der Waals surface area (Å²) in [7, 11) is 0. The normalized spacial score (nSPS) is 13.7. The van der Waals surface area contributed by atoms with Crippen LogP contribution in [0.4, 0.5) is 16.2 Å². The zero-order chi connectivity index (χ0) is 19.8. The van der Waals surface area contributed by atoms with Crippen molar-refractivity contribution >= 4 is 35.2 Å². The molecular weight excluding hydrogens is 352 g/mol. The highest BCUT2D eigenvalue weighted by molar-refractivity contribution is 6.03. The van der Waals surface area contributed by atoms with E-state index in [1.54, 1.807) is 41.0 Å². The molecule has 1 aromatic carbocycles. The molecule has 4 amide bonds. The molecule has 2 rings (SSSR count). The monoisotopic (exact) mass is 376 g/mol. The number of hydrogen-bond acceptors (Lipinski definition) is 5. The zero-order valence-electron chi connectivity index (χ0n) is 15.5. The fourth-order valence-electron chi connectivity index (χ4n) is 2.65. The van der Waals surface area contributed by atoms with Crippen molar-refractivity contribution in [3.63, 3.8) is 0 Å². The summed E-state index contributed by atoms with van der Waals surface area (Å²) in [5, 5.41) is 5.28. The summed E-state index contributed by atoms with van der Waals surface area (Å²) in [6.07, 6.45) is -0.655. The Morgan fingerprint density at radius 2 is 1.44 bits per heavy atom. The molecule has 1 heterocycles. The van der Waals surface area contributed by atoms with Crippen molar-refractivity contribution in [3.8, 4) is 0 Å². The quantitative estimate of drug-likeness (QED) is 0.753. The number of nitrogens with one attached hydrogen (secondary N) is 2. The van der Waals surface area contributed by atoms with E-state index >= 15 is 0 Å². The molecular formula is C18H24N4O5. The standard InChI is InChI=1S/C18H24N4O5/c1-3-27-18(26)22-10-8-21(9-11-22)17(25)12-16(24)20-15-6-4-14(5-7-15)19-13(2)23/h4-7H,3,8-12H2,1-2H3,(H,19,23)(H,20,24). The number of ether oxygens (including phenoxy) is 1. The van der Waals surface area contributed by atoms with Gasteiger partial charge >= 0.3 is 6.09 Å². The second-order valence-electron chi connectivity index (χ2n) is 6.05. The van der Waals surface area contributed by atoms with Crippen LogP contribution >= 0.6 is 0 Å². The molecule has 2 N–H and O–H groups in total. The van der Waals surface area contributed by atoms with Gasteiger partial charge in [0.1, 0.15) is 6.42 Å². The van der Waals surface area contributed by atoms with Crippen LogP contribution in [0, 0.1) is 0 Å². The maximum absolute atomic E-state index is 12.3. The molecule has 0 unspecified atom stereocenters. The molecule has 1 saturated heterocycles. The average Bonchev–Trinajstić information content (AvgIpc) is 2.63. The number of nitrogens with zero attached hydrogens (tertiary/aromatic N) is 2. The summed E-state index contributed by atoms with van der Waals surface area (Å²) in [6.45, 7) is 4.97. The molecule has 1 aliphatic heterocycles. The van der Waals surface area contributed by atoms with E-state index in [0.29, 0.717) is 44.2 Å². The molecule has 0 aromatic heterocycles. The molecule has 9 nitrogen and oxygen atoms in total. The van der Waals surface area contributed by atoms with Crippen LogP contribution in [-0.4, -0.2) is 66.4 Å². The second kappa shape index (κ2) is 9.56. The van der Waals surface area contributed by atoms with E-state index < -0.39 is 5.91 Å². The maximum Gasteiger partial charge on any atom is 0.409 e. The van der Waals surface area contributed by atoms with Crippen molar-refractivity contribution in [1.29, 1.82) is 0 Å². The Kier molecular flexibility index (Phi) is 7.16. The van der Waals surface area contributed by atoms with Gasteiger partial charge in [-0.3, -0.25) is 14.4 Å². The van der Waals surface area contributed by atoms with Crippen molar-refractivity contribution in [2.45, 2.75) is 20.3 Å². The van der Waals surface area contributed by atoms with Gasteiger partial charge in [0.05, 0.1) is 6.61 Å². The molecule has 0 atom stereocenters. The van der Waals surface area contributed by atoms with Gasteiger partial charge in [-0.05, 0) is 31.2 Å². The lowest BCUT2D eigenvalue weighted by atomic mass is 10.2. The van der Waals surface area contributed by atoms with E-state index in [1.165, 1.54) is 6.92 Å². The first-order chi connectivity index (χ1) is 12.9. The molecule has 146 valence electrons. The third-order valence-corrected chi connectivity index (χ3v) is 3.96. The zero-order valence-corrected chi connectivity index (χ0v) is 15.5. The van der Waals surface area contributed by atoms with Crippen molar-refractivity contribution in [3.05, 3.63) is 24.3 Å². The highest BCUT2D eigenvalue weighted by Gasteiger charge is 2.25. The van der Waals surface area contributed by atoms with Crippen LogP contribution in [0.2, 0.25) is 0 Å². The number of anilines is 2. The minimum atomic E-state index is -0.417. The summed E-state index contributed by atoms with van der Waals surface area (Å²) < 4.78 is 4.93. The van der Waals surface area contributed by atoms with Gasteiger partial charge in [-0.15, -0.1) is 0 Å². The van der Waals surface area contributed by atoms with Gasteiger partial charge in [-0.2, -0.15) is 0 Å². The summed E-state index contributed by atoms with van der Waals surface area (Å²) in [4.78, 5) is 50.1. The second-order valence-corrected chi connectivity index (χ2v) is 6.05. The van der Waals surface area contributed by atoms with Crippen molar-refractivity contribution in [1.82, 2.24) is 9.80 Å². The van der Waals surface area contributed by atoms with E-state index in [0.717, 1.165) is 0 Å². The van der Waals surface area contributed by atoms with Gasteiger partial charge in [0, 0.05) is 44.5 Å². The molecule has 27 heavy (non-hydrogen) atoms. The average molecular weight is 376 g/mol. The highest BCUT2D eigenvalue weighted by atomic mass is 16.6. The fraction of sp³-hybridized carbons (Fsp3) is 0.444. The number of amides is 4. The molecule has 0 spiro atoms. The number of carbonyl (C=O) groups is 4. The molecule has 1 aliphatic rings. The Labute approximate surface area is 157 Å². The summed E-state index contributed by atoms with van der Waals surface area (Å²) in [5.74, 6) is -0.883. The van der Waals surface area contributed by atoms with Gasteiger partial charge in [-0.25, -0.2) is 4.79 Å². The lowest BCUT2D eigenvalue weighted by Gasteiger charge is -2.34. The number of carbonyl (C=O) groups excluding carboxylic acids is 4. The van der Waals surface area contributed by atoms with E-state index in [2.05, 4.69) is 10.6 Å². The number of piperazine rings is 1. The Bertz CT molecular complexity index is 696. The first kappa shape index (κ1) is 20.2. The van der Waals surface area contributed by atoms with Crippen LogP contribution < -0.4 is 10.6 Å². The van der Waals surface area contributed by atoms with E-state index in [9.17, 15) is 19.2 Å². The highest BCUT2D eigenvalue weighted by Crippen LogP contribution is 2.14. The molecule has 0 bridgehead atoms. The largest absolute Gasteiger partial charge is 0.450 e. The van der Waals surface area contributed by atoms with Gasteiger partial charge in [0.2, 0.25) is 17.7 Å². The molecule has 0 saturated carbocycles. The summed E-state index contributed by atoms with van der Waals surface area (Å²) in [6, 6.07) is 6.61. The van der Waals surface area contributed by atoms with Crippen LogP contribution in [0.25, 0.3) is 0 Å².